The number of rotatable bonds is 2. The van der Waals surface area contributed by atoms with Crippen LogP contribution in [0.4, 0.5) is 10.2 Å². The lowest BCUT2D eigenvalue weighted by atomic mass is 10.1. The molecule has 1 aliphatic rings. The van der Waals surface area contributed by atoms with Crippen molar-refractivity contribution in [2.24, 2.45) is 0 Å². The van der Waals surface area contributed by atoms with E-state index in [2.05, 4.69) is 4.98 Å². The van der Waals surface area contributed by atoms with E-state index in [4.69, 9.17) is 4.74 Å². The van der Waals surface area contributed by atoms with Crippen LogP contribution in [-0.2, 0) is 4.74 Å². The third-order valence-corrected chi connectivity index (χ3v) is 3.06. The van der Waals surface area contributed by atoms with Crippen LogP contribution in [0.1, 0.15) is 13.2 Å². The Bertz CT molecular complexity index is 533. The first kappa shape index (κ1) is 13.9. The number of hydrogen-bond acceptors (Lipinski definition) is 6. The van der Waals surface area contributed by atoms with Gasteiger partial charge in [0.05, 0.1) is 12.3 Å². The number of ether oxygens (including phenoxy) is 1. The molecule has 19 heavy (non-hydrogen) atoms. The molecule has 1 aromatic rings. The van der Waals surface area contributed by atoms with Crippen LogP contribution in [0.3, 0.4) is 0 Å². The summed E-state index contributed by atoms with van der Waals surface area (Å²) in [5.74, 6) is -0.809. The van der Waals surface area contributed by atoms with Gasteiger partial charge in [-0.1, -0.05) is 0 Å². The van der Waals surface area contributed by atoms with Gasteiger partial charge in [0.25, 0.3) is 0 Å². The van der Waals surface area contributed by atoms with Gasteiger partial charge in [-0.2, -0.15) is 4.98 Å². The molecule has 0 amide bonds. The molecule has 2 N–H and O–H groups in total. The second kappa shape index (κ2) is 4.87. The summed E-state index contributed by atoms with van der Waals surface area (Å²) in [5, 5.41) is 19.4. The standard InChI is InChI=1S/C11H16FN3O4/c1-5-7(16)8(17)10(19-5)15-4-6(12)9(14(2)3)13-11(15)18/h4-5,7-8,10,16-17H,1-3H3/t5-,7-,8-,10-/m1/s1. The van der Waals surface area contributed by atoms with Gasteiger partial charge in [-0.25, -0.2) is 9.18 Å². The molecule has 0 aliphatic carbocycles. The van der Waals surface area contributed by atoms with Crippen LogP contribution in [-0.4, -0.2) is 52.2 Å². The van der Waals surface area contributed by atoms with Crippen LogP contribution in [0.15, 0.2) is 11.0 Å². The minimum Gasteiger partial charge on any atom is -0.388 e. The summed E-state index contributed by atoms with van der Waals surface area (Å²) < 4.78 is 19.9. The molecule has 1 aromatic heterocycles. The molecule has 7 nitrogen and oxygen atoms in total. The maximum Gasteiger partial charge on any atom is 0.351 e. The second-order valence-corrected chi connectivity index (χ2v) is 4.71. The van der Waals surface area contributed by atoms with Crippen molar-refractivity contribution in [2.45, 2.75) is 31.5 Å². The van der Waals surface area contributed by atoms with Crippen molar-refractivity contribution < 1.29 is 19.3 Å². The summed E-state index contributed by atoms with van der Waals surface area (Å²) in [5.41, 5.74) is -0.754. The van der Waals surface area contributed by atoms with Crippen LogP contribution in [0.25, 0.3) is 0 Å². The van der Waals surface area contributed by atoms with Crippen molar-refractivity contribution in [3.05, 3.63) is 22.5 Å². The molecule has 0 spiro atoms. The van der Waals surface area contributed by atoms with Gasteiger partial charge < -0.3 is 19.8 Å². The van der Waals surface area contributed by atoms with Crippen molar-refractivity contribution in [1.29, 1.82) is 0 Å². The van der Waals surface area contributed by atoms with E-state index in [1.807, 2.05) is 0 Å². The molecular formula is C11H16FN3O4. The molecule has 8 heteroatoms. The van der Waals surface area contributed by atoms with Crippen molar-refractivity contribution in [3.8, 4) is 0 Å². The van der Waals surface area contributed by atoms with Gasteiger partial charge in [0, 0.05) is 14.1 Å². The molecule has 2 rings (SSSR count). The van der Waals surface area contributed by atoms with Gasteiger partial charge in [0.15, 0.2) is 17.9 Å². The highest BCUT2D eigenvalue weighted by Crippen LogP contribution is 2.28. The first-order chi connectivity index (χ1) is 8.82. The minimum atomic E-state index is -1.31. The fourth-order valence-electron chi connectivity index (χ4n) is 1.99. The lowest BCUT2D eigenvalue weighted by molar-refractivity contribution is -0.0355. The van der Waals surface area contributed by atoms with E-state index in [9.17, 15) is 19.4 Å². The Labute approximate surface area is 108 Å². The smallest absolute Gasteiger partial charge is 0.351 e. The van der Waals surface area contributed by atoms with Crippen LogP contribution < -0.4 is 10.6 Å². The number of anilines is 1. The molecule has 106 valence electrons. The first-order valence-electron chi connectivity index (χ1n) is 5.80. The Morgan fingerprint density at radius 1 is 1.42 bits per heavy atom. The maximum absolute atomic E-state index is 13.8. The van der Waals surface area contributed by atoms with Crippen molar-refractivity contribution in [2.75, 3.05) is 19.0 Å². The van der Waals surface area contributed by atoms with Crippen LogP contribution in [0.5, 0.6) is 0 Å². The highest BCUT2D eigenvalue weighted by molar-refractivity contribution is 5.36. The average molecular weight is 273 g/mol. The number of hydrogen-bond donors (Lipinski definition) is 2. The van der Waals surface area contributed by atoms with Gasteiger partial charge in [-0.15, -0.1) is 0 Å². The highest BCUT2D eigenvalue weighted by atomic mass is 19.1. The van der Waals surface area contributed by atoms with Crippen molar-refractivity contribution in [3.63, 3.8) is 0 Å². The zero-order valence-corrected chi connectivity index (χ0v) is 10.8. The fraction of sp³-hybridized carbons (Fsp3) is 0.636. The molecule has 1 saturated heterocycles. The first-order valence-corrected chi connectivity index (χ1v) is 5.80. The molecule has 0 bridgehead atoms. The molecule has 0 saturated carbocycles. The summed E-state index contributed by atoms with van der Waals surface area (Å²) in [6.07, 6.45) is -3.31. The summed E-state index contributed by atoms with van der Waals surface area (Å²) in [6, 6.07) is 0. The normalized spacial score (nSPS) is 30.6. The summed E-state index contributed by atoms with van der Waals surface area (Å²) >= 11 is 0. The molecule has 0 aromatic carbocycles. The third kappa shape index (κ3) is 2.34. The van der Waals surface area contributed by atoms with E-state index in [1.54, 1.807) is 21.0 Å². The Morgan fingerprint density at radius 2 is 2.05 bits per heavy atom. The number of nitrogens with zero attached hydrogens (tertiary/aromatic N) is 3. The van der Waals surface area contributed by atoms with E-state index in [0.717, 1.165) is 10.8 Å². The second-order valence-electron chi connectivity index (χ2n) is 4.71. The molecule has 0 unspecified atom stereocenters. The Morgan fingerprint density at radius 3 is 2.53 bits per heavy atom. The highest BCUT2D eigenvalue weighted by Gasteiger charge is 2.42. The van der Waals surface area contributed by atoms with Crippen molar-refractivity contribution >= 4 is 5.82 Å². The molecular weight excluding hydrogens is 257 g/mol. The Hall–Kier alpha value is -1.51. The number of aromatic nitrogens is 2. The van der Waals surface area contributed by atoms with E-state index < -0.39 is 36.0 Å². The summed E-state index contributed by atoms with van der Waals surface area (Å²) in [4.78, 5) is 16.8. The van der Waals surface area contributed by atoms with Gasteiger partial charge in [0.1, 0.15) is 12.2 Å². The third-order valence-electron chi connectivity index (χ3n) is 3.06. The quantitative estimate of drug-likeness (QED) is 0.725. The number of aliphatic hydroxyl groups is 2. The summed E-state index contributed by atoms with van der Waals surface area (Å²) in [6.45, 7) is 1.55. The summed E-state index contributed by atoms with van der Waals surface area (Å²) in [7, 11) is 3.11. The predicted molar refractivity (Wildman–Crippen MR) is 64.4 cm³/mol. The average Bonchev–Trinajstić information content (AvgIpc) is 2.59. The Kier molecular flexibility index (Phi) is 3.57. The Balaban J connectivity index is 2.42. The predicted octanol–water partition coefficient (Wildman–Crippen LogP) is -0.913. The molecule has 0 radical (unpaired) electrons. The van der Waals surface area contributed by atoms with Gasteiger partial charge >= 0.3 is 5.69 Å². The largest absolute Gasteiger partial charge is 0.388 e. The van der Waals surface area contributed by atoms with E-state index in [-0.39, 0.29) is 5.82 Å². The molecule has 1 aliphatic heterocycles. The maximum atomic E-state index is 13.8. The molecule has 2 heterocycles. The SMILES string of the molecule is C[C@H]1O[C@@H](n2cc(F)c(N(C)C)nc2=O)[C@H](O)[C@@H]1O. The van der Waals surface area contributed by atoms with Gasteiger partial charge in [-0.05, 0) is 6.92 Å². The number of aliphatic hydroxyl groups excluding tert-OH is 2. The van der Waals surface area contributed by atoms with Crippen LogP contribution in [0.2, 0.25) is 0 Å². The minimum absolute atomic E-state index is 0.0951. The fourth-order valence-corrected chi connectivity index (χ4v) is 1.99. The monoisotopic (exact) mass is 273 g/mol. The molecule has 4 atom stereocenters. The number of halogens is 1. The molecule has 1 fully saturated rings. The van der Waals surface area contributed by atoms with E-state index >= 15 is 0 Å². The van der Waals surface area contributed by atoms with Crippen LogP contribution in [0, 0.1) is 5.82 Å². The lowest BCUT2D eigenvalue weighted by Crippen LogP contribution is -2.36. The van der Waals surface area contributed by atoms with Crippen LogP contribution >= 0.6 is 0 Å². The topological polar surface area (TPSA) is 87.8 Å². The van der Waals surface area contributed by atoms with Crippen molar-refractivity contribution in [1.82, 2.24) is 9.55 Å². The zero-order chi connectivity index (χ0) is 14.3. The van der Waals surface area contributed by atoms with E-state index in [1.165, 1.54) is 4.90 Å². The lowest BCUT2D eigenvalue weighted by Gasteiger charge is -2.19. The zero-order valence-electron chi connectivity index (χ0n) is 10.8. The van der Waals surface area contributed by atoms with E-state index in [0.29, 0.717) is 0 Å². The van der Waals surface area contributed by atoms with Gasteiger partial charge in [0.2, 0.25) is 0 Å². The van der Waals surface area contributed by atoms with Gasteiger partial charge in [-0.3, -0.25) is 4.57 Å².